The van der Waals surface area contributed by atoms with Gasteiger partial charge in [0.05, 0.1) is 13.2 Å². The molecule has 0 spiro atoms. The lowest BCUT2D eigenvalue weighted by Gasteiger charge is -2.34. The van der Waals surface area contributed by atoms with E-state index >= 15 is 0 Å². The molecule has 0 aromatic carbocycles. The van der Waals surface area contributed by atoms with E-state index in [2.05, 4.69) is 17.6 Å². The van der Waals surface area contributed by atoms with Gasteiger partial charge >= 0.3 is 0 Å². The molecule has 1 aliphatic rings. The van der Waals surface area contributed by atoms with E-state index in [-0.39, 0.29) is 17.5 Å². The fourth-order valence-electron chi connectivity index (χ4n) is 1.74. The summed E-state index contributed by atoms with van der Waals surface area (Å²) in [5.41, 5.74) is -0.0351. The summed E-state index contributed by atoms with van der Waals surface area (Å²) < 4.78 is 5.40. The molecule has 1 atom stereocenters. The molecule has 15 heavy (non-hydrogen) atoms. The highest BCUT2D eigenvalue weighted by Crippen LogP contribution is 2.17. The molecule has 2 N–H and O–H groups in total. The van der Waals surface area contributed by atoms with E-state index in [4.69, 9.17) is 4.74 Å². The second-order valence-electron chi connectivity index (χ2n) is 4.79. The summed E-state index contributed by atoms with van der Waals surface area (Å²) in [4.78, 5) is 11.4. The molecule has 0 aliphatic carbocycles. The Morgan fingerprint density at radius 1 is 1.53 bits per heavy atom. The predicted molar refractivity (Wildman–Crippen MR) is 59.7 cm³/mol. The Morgan fingerprint density at radius 3 is 2.80 bits per heavy atom. The molecule has 1 rings (SSSR count). The molecule has 1 unspecified atom stereocenters. The number of carbonyl (C=O) groups excluding carboxylic acids is 1. The van der Waals surface area contributed by atoms with Crippen LogP contribution in [0.15, 0.2) is 0 Å². The molecule has 1 fully saturated rings. The maximum atomic E-state index is 11.4. The summed E-state index contributed by atoms with van der Waals surface area (Å²) in [5.74, 6) is 0.0526. The van der Waals surface area contributed by atoms with Crippen LogP contribution in [-0.4, -0.2) is 37.2 Å². The second-order valence-corrected chi connectivity index (χ2v) is 4.79. The minimum absolute atomic E-state index is 0.0351. The number of ether oxygens (including phenoxy) is 1. The third-order valence-electron chi connectivity index (χ3n) is 2.56. The lowest BCUT2D eigenvalue weighted by atomic mass is 9.95. The molecule has 0 aromatic rings. The van der Waals surface area contributed by atoms with Crippen LogP contribution in [0.25, 0.3) is 0 Å². The highest BCUT2D eigenvalue weighted by Gasteiger charge is 2.27. The second kappa shape index (κ2) is 5.47. The summed E-state index contributed by atoms with van der Waals surface area (Å²) in [6, 6.07) is 0.203. The van der Waals surface area contributed by atoms with E-state index in [0.717, 1.165) is 19.4 Å². The average molecular weight is 214 g/mol. The van der Waals surface area contributed by atoms with Gasteiger partial charge in [0.1, 0.15) is 0 Å². The number of amides is 1. The Kier molecular flexibility index (Phi) is 4.54. The van der Waals surface area contributed by atoms with Gasteiger partial charge in [-0.25, -0.2) is 0 Å². The van der Waals surface area contributed by atoms with Gasteiger partial charge in [-0.3, -0.25) is 4.79 Å². The van der Waals surface area contributed by atoms with Crippen molar-refractivity contribution in [2.24, 2.45) is 0 Å². The zero-order chi connectivity index (χ0) is 11.3. The topological polar surface area (TPSA) is 50.4 Å². The van der Waals surface area contributed by atoms with Crippen LogP contribution in [0.2, 0.25) is 0 Å². The van der Waals surface area contributed by atoms with Crippen molar-refractivity contribution in [2.75, 3.05) is 19.8 Å². The summed E-state index contributed by atoms with van der Waals surface area (Å²) in [6.07, 6.45) is 2.14. The lowest BCUT2D eigenvalue weighted by Crippen LogP contribution is -2.52. The van der Waals surface area contributed by atoms with Crippen LogP contribution in [0.3, 0.4) is 0 Å². The van der Waals surface area contributed by atoms with Crippen molar-refractivity contribution < 1.29 is 9.53 Å². The third kappa shape index (κ3) is 4.62. The number of nitrogens with one attached hydrogen (secondary N) is 2. The molecule has 0 bridgehead atoms. The highest BCUT2D eigenvalue weighted by molar-refractivity contribution is 5.78. The normalized spacial score (nSPS) is 26.7. The fourth-order valence-corrected chi connectivity index (χ4v) is 1.74. The number of hydrogen-bond donors (Lipinski definition) is 2. The molecular formula is C11H22N2O2. The summed E-state index contributed by atoms with van der Waals surface area (Å²) in [6.45, 7) is 7.94. The first-order chi connectivity index (χ1) is 7.02. The van der Waals surface area contributed by atoms with E-state index in [1.165, 1.54) is 0 Å². The van der Waals surface area contributed by atoms with Crippen molar-refractivity contribution in [1.82, 2.24) is 10.6 Å². The van der Waals surface area contributed by atoms with Crippen molar-refractivity contribution in [3.8, 4) is 0 Å². The molecule has 4 nitrogen and oxygen atoms in total. The van der Waals surface area contributed by atoms with Crippen molar-refractivity contribution in [3.05, 3.63) is 0 Å². The quantitative estimate of drug-likeness (QED) is 0.723. The van der Waals surface area contributed by atoms with Crippen LogP contribution in [0.4, 0.5) is 0 Å². The largest absolute Gasteiger partial charge is 0.380 e. The van der Waals surface area contributed by atoms with Gasteiger partial charge in [0.25, 0.3) is 0 Å². The van der Waals surface area contributed by atoms with Crippen molar-refractivity contribution in [1.29, 1.82) is 0 Å². The summed E-state index contributed by atoms with van der Waals surface area (Å²) in [5, 5.41) is 6.12. The van der Waals surface area contributed by atoms with Crippen LogP contribution < -0.4 is 10.6 Å². The predicted octanol–water partition coefficient (Wildman–Crippen LogP) is 0.670. The Labute approximate surface area is 91.8 Å². The summed E-state index contributed by atoms with van der Waals surface area (Å²) in [7, 11) is 0. The molecule has 88 valence electrons. The van der Waals surface area contributed by atoms with E-state index < -0.39 is 0 Å². The first-order valence-electron chi connectivity index (χ1n) is 5.64. The maximum Gasteiger partial charge on any atom is 0.234 e. The molecule has 0 radical (unpaired) electrons. The zero-order valence-electron chi connectivity index (χ0n) is 9.93. The van der Waals surface area contributed by atoms with Gasteiger partial charge < -0.3 is 15.4 Å². The molecular weight excluding hydrogens is 192 g/mol. The first-order valence-corrected chi connectivity index (χ1v) is 5.64. The van der Waals surface area contributed by atoms with Gasteiger partial charge in [0.2, 0.25) is 5.91 Å². The maximum absolute atomic E-state index is 11.4. The van der Waals surface area contributed by atoms with Crippen LogP contribution in [0.5, 0.6) is 0 Å². The minimum atomic E-state index is -0.0351. The van der Waals surface area contributed by atoms with E-state index in [1.807, 2.05) is 13.8 Å². The average Bonchev–Trinajstić information content (AvgIpc) is 2.15. The van der Waals surface area contributed by atoms with Crippen LogP contribution in [0.1, 0.15) is 33.6 Å². The highest BCUT2D eigenvalue weighted by atomic mass is 16.5. The molecule has 1 heterocycles. The summed E-state index contributed by atoms with van der Waals surface area (Å²) >= 11 is 0. The van der Waals surface area contributed by atoms with Crippen LogP contribution in [-0.2, 0) is 9.53 Å². The van der Waals surface area contributed by atoms with Gasteiger partial charge in [-0.15, -0.1) is 0 Å². The Bertz CT molecular complexity index is 211. The SMILES string of the molecule is CC(C)NC(=O)CNC1(C)CCCOC1. The smallest absolute Gasteiger partial charge is 0.234 e. The third-order valence-corrected chi connectivity index (χ3v) is 2.56. The van der Waals surface area contributed by atoms with E-state index in [0.29, 0.717) is 13.2 Å². The standard InChI is InChI=1S/C11H22N2O2/c1-9(2)13-10(14)7-12-11(3)5-4-6-15-8-11/h9,12H,4-8H2,1-3H3,(H,13,14). The van der Waals surface area contributed by atoms with E-state index in [1.54, 1.807) is 0 Å². The van der Waals surface area contributed by atoms with Gasteiger partial charge in [0.15, 0.2) is 0 Å². The van der Waals surface area contributed by atoms with E-state index in [9.17, 15) is 4.79 Å². The van der Waals surface area contributed by atoms with Crippen molar-refractivity contribution in [3.63, 3.8) is 0 Å². The lowest BCUT2D eigenvalue weighted by molar-refractivity contribution is -0.121. The van der Waals surface area contributed by atoms with Gasteiger partial charge in [-0.05, 0) is 33.6 Å². The Hall–Kier alpha value is -0.610. The zero-order valence-corrected chi connectivity index (χ0v) is 9.93. The molecule has 0 aromatic heterocycles. The number of carbonyl (C=O) groups is 1. The molecule has 4 heteroatoms. The van der Waals surface area contributed by atoms with Crippen LogP contribution in [0, 0.1) is 0 Å². The number of hydrogen-bond acceptors (Lipinski definition) is 3. The van der Waals surface area contributed by atoms with Crippen LogP contribution >= 0.6 is 0 Å². The Balaban J connectivity index is 2.25. The Morgan fingerprint density at radius 2 is 2.27 bits per heavy atom. The first kappa shape index (κ1) is 12.5. The molecule has 1 amide bonds. The molecule has 0 saturated carbocycles. The van der Waals surface area contributed by atoms with Gasteiger partial charge in [-0.2, -0.15) is 0 Å². The monoisotopic (exact) mass is 214 g/mol. The van der Waals surface area contributed by atoms with Crippen molar-refractivity contribution >= 4 is 5.91 Å². The molecule has 1 saturated heterocycles. The molecule has 1 aliphatic heterocycles. The fraction of sp³-hybridized carbons (Fsp3) is 0.909. The van der Waals surface area contributed by atoms with Gasteiger partial charge in [0, 0.05) is 18.2 Å². The number of rotatable bonds is 4. The van der Waals surface area contributed by atoms with Gasteiger partial charge in [-0.1, -0.05) is 0 Å². The minimum Gasteiger partial charge on any atom is -0.380 e. The van der Waals surface area contributed by atoms with Crippen molar-refractivity contribution in [2.45, 2.75) is 45.2 Å².